The van der Waals surface area contributed by atoms with Crippen LogP contribution in [0.1, 0.15) is 5.56 Å². The van der Waals surface area contributed by atoms with Crippen molar-refractivity contribution in [1.29, 1.82) is 0 Å². The Kier molecular flexibility index (Phi) is 3.47. The second-order valence-corrected chi connectivity index (χ2v) is 4.01. The second kappa shape index (κ2) is 4.44. The van der Waals surface area contributed by atoms with Gasteiger partial charge in [-0.15, -0.1) is 0 Å². The van der Waals surface area contributed by atoms with Crippen molar-refractivity contribution in [2.24, 2.45) is 0 Å². The Morgan fingerprint density at radius 3 is 2.27 bits per heavy atom. The quantitative estimate of drug-likeness (QED) is 0.515. The molecule has 0 amide bonds. The average molecular weight is 273 g/mol. The van der Waals surface area contributed by atoms with Crippen LogP contribution in [-0.4, -0.2) is 24.2 Å². The first-order valence-electron chi connectivity index (χ1n) is 4.09. The van der Waals surface area contributed by atoms with Crippen LogP contribution in [-0.2, 0) is 18.7 Å². The van der Waals surface area contributed by atoms with E-state index in [1.807, 2.05) is 0 Å². The van der Waals surface area contributed by atoms with Crippen molar-refractivity contribution < 1.29 is 19.4 Å². The van der Waals surface area contributed by atoms with Crippen LogP contribution >= 0.6 is 15.9 Å². The zero-order valence-electron chi connectivity index (χ0n) is 7.94. The number of carbonyl (C=O) groups is 2. The minimum absolute atomic E-state index is 0.323. The van der Waals surface area contributed by atoms with E-state index < -0.39 is 16.3 Å². The predicted octanol–water partition coefficient (Wildman–Crippen LogP) is 1.53. The number of benzene rings is 1. The van der Waals surface area contributed by atoms with Crippen LogP contribution in [0.3, 0.4) is 0 Å². The average Bonchev–Trinajstić information content (AvgIpc) is 2.27. The Morgan fingerprint density at radius 1 is 1.33 bits per heavy atom. The maximum atomic E-state index is 11.4. The summed E-state index contributed by atoms with van der Waals surface area (Å²) in [6.07, 6.45) is 0. The molecule has 0 saturated heterocycles. The lowest BCUT2D eigenvalue weighted by molar-refractivity contribution is -0.153. The number of aliphatic carboxylic acids is 1. The number of hydrogen-bond acceptors (Lipinski definition) is 3. The maximum Gasteiger partial charge on any atom is 0.338 e. The van der Waals surface area contributed by atoms with E-state index in [2.05, 4.69) is 20.7 Å². The summed E-state index contributed by atoms with van der Waals surface area (Å²) in [6.45, 7) is 0. The zero-order valence-corrected chi connectivity index (χ0v) is 9.52. The highest BCUT2D eigenvalue weighted by atomic mass is 79.9. The van der Waals surface area contributed by atoms with Crippen LogP contribution in [0.15, 0.2) is 30.3 Å². The van der Waals surface area contributed by atoms with E-state index in [1.54, 1.807) is 30.3 Å². The molecule has 80 valence electrons. The summed E-state index contributed by atoms with van der Waals surface area (Å²) in [5, 5.41) is 9.04. The third-order valence-electron chi connectivity index (χ3n) is 1.93. The van der Waals surface area contributed by atoms with E-state index >= 15 is 0 Å². The fourth-order valence-corrected chi connectivity index (χ4v) is 1.56. The smallest absolute Gasteiger partial charge is 0.338 e. The molecule has 0 aliphatic rings. The first kappa shape index (κ1) is 11.7. The predicted molar refractivity (Wildman–Crippen MR) is 56.7 cm³/mol. The van der Waals surface area contributed by atoms with Crippen LogP contribution in [0.4, 0.5) is 0 Å². The van der Waals surface area contributed by atoms with Gasteiger partial charge in [0.2, 0.25) is 4.32 Å². The molecule has 0 saturated carbocycles. The Morgan fingerprint density at radius 2 is 1.87 bits per heavy atom. The number of esters is 1. The molecule has 0 heterocycles. The Balaban J connectivity index is 3.25. The Bertz CT molecular complexity index is 376. The fourth-order valence-electron chi connectivity index (χ4n) is 1.14. The van der Waals surface area contributed by atoms with Gasteiger partial charge >= 0.3 is 11.9 Å². The summed E-state index contributed by atoms with van der Waals surface area (Å²) in [7, 11) is 1.14. The number of halogens is 1. The van der Waals surface area contributed by atoms with Crippen molar-refractivity contribution >= 4 is 27.9 Å². The van der Waals surface area contributed by atoms with Crippen molar-refractivity contribution in [2.45, 2.75) is 4.32 Å². The minimum Gasteiger partial charge on any atom is -0.480 e. The van der Waals surface area contributed by atoms with E-state index in [1.165, 1.54) is 0 Å². The molecule has 0 bridgehead atoms. The molecule has 0 aromatic heterocycles. The van der Waals surface area contributed by atoms with Crippen LogP contribution in [0.25, 0.3) is 0 Å². The highest BCUT2D eigenvalue weighted by Gasteiger charge is 2.46. The monoisotopic (exact) mass is 272 g/mol. The number of carboxylic acid groups (broad SMARTS) is 1. The normalized spacial score (nSPS) is 14.0. The molecule has 0 spiro atoms. The van der Waals surface area contributed by atoms with Gasteiger partial charge in [0.15, 0.2) is 0 Å². The van der Waals surface area contributed by atoms with Gasteiger partial charge in [0.1, 0.15) is 0 Å². The van der Waals surface area contributed by atoms with Crippen LogP contribution < -0.4 is 0 Å². The van der Waals surface area contributed by atoms with Gasteiger partial charge in [-0.1, -0.05) is 46.3 Å². The molecule has 0 aliphatic carbocycles. The summed E-state index contributed by atoms with van der Waals surface area (Å²) in [6, 6.07) is 8.12. The number of carboxylic acids is 1. The Labute approximate surface area is 95.0 Å². The third kappa shape index (κ3) is 2.02. The second-order valence-electron chi connectivity index (χ2n) is 2.82. The van der Waals surface area contributed by atoms with Crippen LogP contribution in [0.2, 0.25) is 0 Å². The molecule has 5 heteroatoms. The van der Waals surface area contributed by atoms with Gasteiger partial charge in [0.05, 0.1) is 7.11 Å². The summed E-state index contributed by atoms with van der Waals surface area (Å²) < 4.78 is 2.63. The summed E-state index contributed by atoms with van der Waals surface area (Å²) in [5.41, 5.74) is 0.323. The fraction of sp³-hybridized carbons (Fsp3) is 0.200. The first-order valence-corrected chi connectivity index (χ1v) is 4.89. The summed E-state index contributed by atoms with van der Waals surface area (Å²) in [5.74, 6) is -2.17. The standard InChI is InChI=1S/C10H9BrO4/c1-15-9(14)10(11,8(12)13)7-5-3-2-4-6-7/h2-6H,1H3,(H,12,13). The zero-order chi connectivity index (χ0) is 11.5. The van der Waals surface area contributed by atoms with Crippen molar-refractivity contribution in [3.05, 3.63) is 35.9 Å². The molecule has 4 nitrogen and oxygen atoms in total. The van der Waals surface area contributed by atoms with Crippen molar-refractivity contribution in [3.8, 4) is 0 Å². The number of methoxy groups -OCH3 is 1. The molecule has 15 heavy (non-hydrogen) atoms. The molecular formula is C10H9BrO4. The number of ether oxygens (including phenoxy) is 1. The lowest BCUT2D eigenvalue weighted by atomic mass is 9.99. The number of alkyl halides is 1. The number of carbonyl (C=O) groups excluding carboxylic acids is 1. The first-order chi connectivity index (χ1) is 7.03. The number of hydrogen-bond donors (Lipinski definition) is 1. The molecule has 1 N–H and O–H groups in total. The minimum atomic E-state index is -1.83. The third-order valence-corrected chi connectivity index (χ3v) is 3.05. The molecule has 1 aromatic rings. The van der Waals surface area contributed by atoms with Crippen LogP contribution in [0.5, 0.6) is 0 Å². The van der Waals surface area contributed by atoms with E-state index in [0.717, 1.165) is 7.11 Å². The van der Waals surface area contributed by atoms with Crippen molar-refractivity contribution in [3.63, 3.8) is 0 Å². The van der Waals surface area contributed by atoms with Crippen molar-refractivity contribution in [1.82, 2.24) is 0 Å². The molecule has 0 fully saturated rings. The van der Waals surface area contributed by atoms with E-state index in [-0.39, 0.29) is 0 Å². The van der Waals surface area contributed by atoms with Crippen LogP contribution in [0, 0.1) is 0 Å². The lowest BCUT2D eigenvalue weighted by Gasteiger charge is -2.19. The molecule has 1 unspecified atom stereocenters. The van der Waals surface area contributed by atoms with E-state index in [9.17, 15) is 9.59 Å². The molecule has 1 rings (SSSR count). The SMILES string of the molecule is COC(=O)C(Br)(C(=O)O)c1ccccc1. The van der Waals surface area contributed by atoms with Gasteiger partial charge in [0, 0.05) is 0 Å². The number of rotatable bonds is 3. The largest absolute Gasteiger partial charge is 0.480 e. The molecule has 1 aromatic carbocycles. The van der Waals surface area contributed by atoms with E-state index in [0.29, 0.717) is 5.56 Å². The van der Waals surface area contributed by atoms with Gasteiger partial charge in [-0.05, 0) is 5.56 Å². The maximum absolute atomic E-state index is 11.4. The molecule has 1 atom stereocenters. The summed E-state index contributed by atoms with van der Waals surface area (Å²) in [4.78, 5) is 22.5. The van der Waals surface area contributed by atoms with Crippen molar-refractivity contribution in [2.75, 3.05) is 7.11 Å². The highest BCUT2D eigenvalue weighted by Crippen LogP contribution is 2.32. The van der Waals surface area contributed by atoms with E-state index in [4.69, 9.17) is 5.11 Å². The van der Waals surface area contributed by atoms with Gasteiger partial charge in [-0.25, -0.2) is 9.59 Å². The van der Waals surface area contributed by atoms with Gasteiger partial charge < -0.3 is 9.84 Å². The molecular weight excluding hydrogens is 264 g/mol. The van der Waals surface area contributed by atoms with Gasteiger partial charge in [-0.3, -0.25) is 0 Å². The molecule has 0 radical (unpaired) electrons. The Hall–Kier alpha value is -1.36. The summed E-state index contributed by atoms with van der Waals surface area (Å²) >= 11 is 2.91. The topological polar surface area (TPSA) is 63.6 Å². The van der Waals surface area contributed by atoms with Gasteiger partial charge in [-0.2, -0.15) is 0 Å². The molecule has 0 aliphatic heterocycles. The lowest BCUT2D eigenvalue weighted by Crippen LogP contribution is -2.38. The van der Waals surface area contributed by atoms with Gasteiger partial charge in [0.25, 0.3) is 0 Å². The highest BCUT2D eigenvalue weighted by molar-refractivity contribution is 9.10.